The van der Waals surface area contributed by atoms with Crippen LogP contribution in [0, 0.1) is 5.82 Å². The molecule has 0 aliphatic heterocycles. The molecule has 116 valence electrons. The van der Waals surface area contributed by atoms with Gasteiger partial charge in [-0.25, -0.2) is 9.37 Å². The van der Waals surface area contributed by atoms with Crippen molar-refractivity contribution in [2.45, 2.75) is 6.54 Å². The number of halogens is 2. The fourth-order valence-corrected chi connectivity index (χ4v) is 2.31. The van der Waals surface area contributed by atoms with Gasteiger partial charge in [0, 0.05) is 5.02 Å². The summed E-state index contributed by atoms with van der Waals surface area (Å²) in [4.78, 5) is 28.4. The molecule has 0 saturated heterocycles. The van der Waals surface area contributed by atoms with E-state index in [2.05, 4.69) is 10.3 Å². The number of para-hydroxylation sites is 1. The zero-order valence-corrected chi connectivity index (χ0v) is 12.5. The van der Waals surface area contributed by atoms with Gasteiger partial charge >= 0.3 is 0 Å². The molecular formula is C16H11ClFN3O2. The second-order valence-corrected chi connectivity index (χ2v) is 5.30. The first-order chi connectivity index (χ1) is 11.0. The van der Waals surface area contributed by atoms with E-state index < -0.39 is 11.7 Å². The molecule has 3 rings (SSSR count). The minimum Gasteiger partial charge on any atom is -0.322 e. The van der Waals surface area contributed by atoms with Crippen LogP contribution in [-0.2, 0) is 11.3 Å². The van der Waals surface area contributed by atoms with Crippen LogP contribution in [0.15, 0.2) is 53.6 Å². The van der Waals surface area contributed by atoms with Gasteiger partial charge in [-0.3, -0.25) is 14.2 Å². The number of amides is 1. The summed E-state index contributed by atoms with van der Waals surface area (Å²) in [5.74, 6) is -1.18. The fourth-order valence-electron chi connectivity index (χ4n) is 2.15. The van der Waals surface area contributed by atoms with Crippen LogP contribution in [-0.4, -0.2) is 15.5 Å². The molecule has 0 fully saturated rings. The Labute approximate surface area is 135 Å². The Hall–Kier alpha value is -2.73. The zero-order chi connectivity index (χ0) is 16.4. The number of hydrogen-bond acceptors (Lipinski definition) is 3. The lowest BCUT2D eigenvalue weighted by Crippen LogP contribution is -2.28. The van der Waals surface area contributed by atoms with E-state index in [4.69, 9.17) is 11.6 Å². The number of carbonyl (C=O) groups is 1. The summed E-state index contributed by atoms with van der Waals surface area (Å²) in [5, 5.41) is 3.05. The Kier molecular flexibility index (Phi) is 4.08. The molecular weight excluding hydrogens is 321 g/mol. The van der Waals surface area contributed by atoms with E-state index in [0.29, 0.717) is 10.9 Å². The van der Waals surface area contributed by atoms with Crippen LogP contribution < -0.4 is 10.9 Å². The third-order valence-corrected chi connectivity index (χ3v) is 3.49. The van der Waals surface area contributed by atoms with E-state index in [9.17, 15) is 14.0 Å². The molecule has 1 amide bonds. The van der Waals surface area contributed by atoms with E-state index in [-0.39, 0.29) is 22.8 Å². The van der Waals surface area contributed by atoms with Gasteiger partial charge in [0.2, 0.25) is 5.91 Å². The number of nitrogens with one attached hydrogen (secondary N) is 1. The molecule has 0 spiro atoms. The highest BCUT2D eigenvalue weighted by Gasteiger charge is 2.10. The minimum absolute atomic E-state index is 0.00111. The van der Waals surface area contributed by atoms with Gasteiger partial charge in [-0.15, -0.1) is 0 Å². The second kappa shape index (κ2) is 6.18. The first-order valence-electron chi connectivity index (χ1n) is 6.73. The predicted octanol–water partition coefficient (Wildman–Crippen LogP) is 2.83. The van der Waals surface area contributed by atoms with Gasteiger partial charge in [0.1, 0.15) is 12.4 Å². The number of carbonyl (C=O) groups excluding carboxylic acids is 1. The topological polar surface area (TPSA) is 64.0 Å². The van der Waals surface area contributed by atoms with Gasteiger partial charge in [0.15, 0.2) is 0 Å². The molecule has 2 aromatic carbocycles. The van der Waals surface area contributed by atoms with Crippen molar-refractivity contribution in [3.63, 3.8) is 0 Å². The zero-order valence-electron chi connectivity index (χ0n) is 11.8. The summed E-state index contributed by atoms with van der Waals surface area (Å²) in [5.41, 5.74) is 0.224. The lowest BCUT2D eigenvalue weighted by molar-refractivity contribution is -0.116. The summed E-state index contributed by atoms with van der Waals surface area (Å²) in [6.45, 7) is -0.265. The molecule has 23 heavy (non-hydrogen) atoms. The van der Waals surface area contributed by atoms with Crippen molar-refractivity contribution in [1.29, 1.82) is 0 Å². The molecule has 0 aliphatic carbocycles. The smallest absolute Gasteiger partial charge is 0.261 e. The van der Waals surface area contributed by atoms with E-state index in [0.717, 1.165) is 6.07 Å². The number of fused-ring (bicyclic) bond motifs is 1. The molecule has 3 aromatic rings. The highest BCUT2D eigenvalue weighted by molar-refractivity contribution is 6.30. The van der Waals surface area contributed by atoms with Gasteiger partial charge in [-0.1, -0.05) is 23.7 Å². The average Bonchev–Trinajstić information content (AvgIpc) is 2.53. The molecule has 1 aromatic heterocycles. The monoisotopic (exact) mass is 331 g/mol. The third kappa shape index (κ3) is 3.22. The lowest BCUT2D eigenvalue weighted by atomic mass is 10.2. The second-order valence-electron chi connectivity index (χ2n) is 4.87. The van der Waals surface area contributed by atoms with E-state index >= 15 is 0 Å². The first kappa shape index (κ1) is 15.2. The number of nitrogens with zero attached hydrogens (tertiary/aromatic N) is 2. The van der Waals surface area contributed by atoms with E-state index in [1.807, 2.05) is 0 Å². The number of rotatable bonds is 3. The van der Waals surface area contributed by atoms with Gasteiger partial charge in [-0.05, 0) is 30.3 Å². The van der Waals surface area contributed by atoms with Crippen molar-refractivity contribution in [3.8, 4) is 0 Å². The van der Waals surface area contributed by atoms with Gasteiger partial charge in [0.25, 0.3) is 5.56 Å². The summed E-state index contributed by atoms with van der Waals surface area (Å²) < 4.78 is 14.8. The standard InChI is InChI=1S/C16H11ClFN3O2/c17-10-5-6-14(12(18)7-10)20-15(22)8-21-9-19-13-4-2-1-3-11(13)16(21)23/h1-7,9H,8H2,(H,20,22). The Morgan fingerprint density at radius 2 is 2.04 bits per heavy atom. The van der Waals surface area contributed by atoms with E-state index in [1.165, 1.54) is 23.0 Å². The van der Waals surface area contributed by atoms with Crippen molar-refractivity contribution in [2.75, 3.05) is 5.32 Å². The van der Waals surface area contributed by atoms with Gasteiger partial charge in [0.05, 0.1) is 22.9 Å². The van der Waals surface area contributed by atoms with Crippen molar-refractivity contribution in [2.24, 2.45) is 0 Å². The number of aromatic nitrogens is 2. The maximum absolute atomic E-state index is 13.7. The normalized spacial score (nSPS) is 10.7. The highest BCUT2D eigenvalue weighted by Crippen LogP contribution is 2.18. The Morgan fingerprint density at radius 3 is 2.83 bits per heavy atom. The Morgan fingerprint density at radius 1 is 1.26 bits per heavy atom. The summed E-state index contributed by atoms with van der Waals surface area (Å²) >= 11 is 5.65. The molecule has 0 radical (unpaired) electrons. The summed E-state index contributed by atoms with van der Waals surface area (Å²) in [7, 11) is 0. The first-order valence-corrected chi connectivity index (χ1v) is 7.11. The van der Waals surface area contributed by atoms with Gasteiger partial charge in [-0.2, -0.15) is 0 Å². The Bertz CT molecular complexity index is 955. The SMILES string of the molecule is O=C(Cn1cnc2ccccc2c1=O)Nc1ccc(Cl)cc1F. The molecule has 0 bridgehead atoms. The van der Waals surface area contributed by atoms with E-state index in [1.54, 1.807) is 24.3 Å². The van der Waals surface area contributed by atoms with Crippen LogP contribution >= 0.6 is 11.6 Å². The highest BCUT2D eigenvalue weighted by atomic mass is 35.5. The summed E-state index contributed by atoms with van der Waals surface area (Å²) in [6, 6.07) is 10.8. The average molecular weight is 332 g/mol. The Balaban J connectivity index is 1.83. The number of anilines is 1. The van der Waals surface area contributed by atoms with Crippen molar-refractivity contribution >= 4 is 34.1 Å². The minimum atomic E-state index is -0.644. The molecule has 0 aliphatic rings. The van der Waals surface area contributed by atoms with Crippen LogP contribution in [0.5, 0.6) is 0 Å². The van der Waals surface area contributed by atoms with Crippen LogP contribution in [0.25, 0.3) is 10.9 Å². The largest absolute Gasteiger partial charge is 0.322 e. The quantitative estimate of drug-likeness (QED) is 0.802. The molecule has 0 atom stereocenters. The van der Waals surface area contributed by atoms with Crippen LogP contribution in [0.2, 0.25) is 5.02 Å². The number of benzene rings is 2. The maximum atomic E-state index is 13.7. The molecule has 0 saturated carbocycles. The van der Waals surface area contributed by atoms with Crippen molar-refractivity contribution < 1.29 is 9.18 Å². The molecule has 1 N–H and O–H groups in total. The maximum Gasteiger partial charge on any atom is 0.261 e. The van der Waals surface area contributed by atoms with Gasteiger partial charge < -0.3 is 5.32 Å². The summed E-state index contributed by atoms with van der Waals surface area (Å²) in [6.07, 6.45) is 1.29. The lowest BCUT2D eigenvalue weighted by Gasteiger charge is -2.09. The molecule has 1 heterocycles. The van der Waals surface area contributed by atoms with Crippen molar-refractivity contribution in [3.05, 3.63) is 70.0 Å². The predicted molar refractivity (Wildman–Crippen MR) is 86.0 cm³/mol. The number of hydrogen-bond donors (Lipinski definition) is 1. The third-order valence-electron chi connectivity index (χ3n) is 3.25. The molecule has 0 unspecified atom stereocenters. The van der Waals surface area contributed by atoms with Crippen LogP contribution in [0.1, 0.15) is 0 Å². The van der Waals surface area contributed by atoms with Crippen LogP contribution in [0.3, 0.4) is 0 Å². The fraction of sp³-hybridized carbons (Fsp3) is 0.0625. The molecule has 5 nitrogen and oxygen atoms in total. The van der Waals surface area contributed by atoms with Crippen molar-refractivity contribution in [1.82, 2.24) is 9.55 Å². The van der Waals surface area contributed by atoms with Crippen LogP contribution in [0.4, 0.5) is 10.1 Å². The molecule has 7 heteroatoms.